The fourth-order valence-corrected chi connectivity index (χ4v) is 3.20. The minimum absolute atomic E-state index is 0.0372. The van der Waals surface area contributed by atoms with Crippen molar-refractivity contribution in [2.45, 2.75) is 57.8 Å². The summed E-state index contributed by atoms with van der Waals surface area (Å²) in [6.45, 7) is 8.87. The van der Waals surface area contributed by atoms with Crippen molar-refractivity contribution < 1.29 is 18.5 Å². The second kappa shape index (κ2) is 6.38. The average molecular weight is 348 g/mol. The molecule has 2 N–H and O–H groups in total. The van der Waals surface area contributed by atoms with Crippen LogP contribution in [0.5, 0.6) is 0 Å². The molecule has 0 aliphatic carbocycles. The second-order valence-electron chi connectivity index (χ2n) is 7.98. The van der Waals surface area contributed by atoms with Crippen molar-refractivity contribution in [2.75, 3.05) is 13.1 Å². The molecule has 2 aliphatic rings. The number of hydrogen-bond donors (Lipinski definition) is 1. The van der Waals surface area contributed by atoms with Gasteiger partial charge in [0.25, 0.3) is 5.91 Å². The van der Waals surface area contributed by atoms with Gasteiger partial charge in [-0.15, -0.1) is 0 Å². The number of piperidine rings is 1. The van der Waals surface area contributed by atoms with Gasteiger partial charge >= 0.3 is 7.12 Å². The molecule has 0 spiro atoms. The summed E-state index contributed by atoms with van der Waals surface area (Å²) in [7, 11) is -0.646. The summed E-state index contributed by atoms with van der Waals surface area (Å²) < 4.78 is 26.5. The number of benzene rings is 1. The number of nitrogens with zero attached hydrogens (tertiary/aromatic N) is 1. The molecule has 0 saturated carbocycles. The molecule has 136 valence electrons. The first-order chi connectivity index (χ1) is 11.6. The molecule has 2 heterocycles. The number of carbonyl (C=O) groups is 1. The van der Waals surface area contributed by atoms with Crippen LogP contribution in [0.15, 0.2) is 18.2 Å². The molecule has 5 nitrogen and oxygen atoms in total. The summed E-state index contributed by atoms with van der Waals surface area (Å²) in [5, 5.41) is 0. The first kappa shape index (κ1) is 18.4. The zero-order chi connectivity index (χ0) is 18.4. The average Bonchev–Trinajstić information content (AvgIpc) is 2.75. The van der Waals surface area contributed by atoms with Crippen molar-refractivity contribution in [1.29, 1.82) is 0 Å². The van der Waals surface area contributed by atoms with Gasteiger partial charge in [-0.2, -0.15) is 0 Å². The van der Waals surface area contributed by atoms with E-state index in [1.54, 1.807) is 11.0 Å². The van der Waals surface area contributed by atoms with E-state index in [2.05, 4.69) is 0 Å². The largest absolute Gasteiger partial charge is 0.494 e. The third-order valence-electron chi connectivity index (χ3n) is 5.49. The summed E-state index contributed by atoms with van der Waals surface area (Å²) in [5.41, 5.74) is 5.57. The number of likely N-dealkylation sites (tertiary alicyclic amines) is 1. The Labute approximate surface area is 148 Å². The Balaban J connectivity index is 1.79. The Morgan fingerprint density at radius 2 is 1.92 bits per heavy atom. The predicted octanol–water partition coefficient (Wildman–Crippen LogP) is 1.69. The van der Waals surface area contributed by atoms with Crippen LogP contribution in [-0.2, 0) is 9.31 Å². The lowest BCUT2D eigenvalue weighted by molar-refractivity contribution is 0.00578. The second-order valence-corrected chi connectivity index (χ2v) is 7.98. The van der Waals surface area contributed by atoms with E-state index in [9.17, 15) is 9.18 Å². The van der Waals surface area contributed by atoms with Gasteiger partial charge < -0.3 is 19.9 Å². The van der Waals surface area contributed by atoms with Gasteiger partial charge in [-0.1, -0.05) is 6.07 Å². The van der Waals surface area contributed by atoms with Crippen molar-refractivity contribution >= 4 is 18.5 Å². The van der Waals surface area contributed by atoms with Crippen molar-refractivity contribution in [3.63, 3.8) is 0 Å². The SMILES string of the molecule is CC1(C)OB(c2ccc(C(=O)N3CCC[C@H](N)C3)c(F)c2)OC1(C)C. The summed E-state index contributed by atoms with van der Waals surface area (Å²) in [4.78, 5) is 14.2. The first-order valence-electron chi connectivity index (χ1n) is 8.81. The topological polar surface area (TPSA) is 64.8 Å². The first-order valence-corrected chi connectivity index (χ1v) is 8.81. The number of carbonyl (C=O) groups excluding carboxylic acids is 1. The van der Waals surface area contributed by atoms with Crippen LogP contribution >= 0.6 is 0 Å². The lowest BCUT2D eigenvalue weighted by Gasteiger charge is -2.32. The summed E-state index contributed by atoms with van der Waals surface area (Å²) in [6.07, 6.45) is 1.74. The van der Waals surface area contributed by atoms with E-state index in [0.29, 0.717) is 18.6 Å². The summed E-state index contributed by atoms with van der Waals surface area (Å²) in [5.74, 6) is -0.871. The van der Waals surface area contributed by atoms with Gasteiger partial charge in [0.05, 0.1) is 16.8 Å². The third-order valence-corrected chi connectivity index (χ3v) is 5.49. The number of nitrogens with two attached hydrogens (primary N) is 1. The molecule has 7 heteroatoms. The van der Waals surface area contributed by atoms with Gasteiger partial charge in [0, 0.05) is 19.1 Å². The highest BCUT2D eigenvalue weighted by Crippen LogP contribution is 2.36. The maximum absolute atomic E-state index is 14.6. The van der Waals surface area contributed by atoms with Crippen LogP contribution in [0.4, 0.5) is 4.39 Å². The zero-order valence-electron chi connectivity index (χ0n) is 15.3. The van der Waals surface area contributed by atoms with Crippen LogP contribution in [0.25, 0.3) is 0 Å². The van der Waals surface area contributed by atoms with Gasteiger partial charge in [-0.05, 0) is 58.1 Å². The van der Waals surface area contributed by atoms with Crippen molar-refractivity contribution in [3.05, 3.63) is 29.6 Å². The Morgan fingerprint density at radius 1 is 1.28 bits per heavy atom. The van der Waals surface area contributed by atoms with Gasteiger partial charge in [0.1, 0.15) is 5.82 Å². The molecular weight excluding hydrogens is 322 g/mol. The van der Waals surface area contributed by atoms with E-state index >= 15 is 0 Å². The van der Waals surface area contributed by atoms with E-state index in [1.807, 2.05) is 27.7 Å². The van der Waals surface area contributed by atoms with E-state index in [-0.39, 0.29) is 17.5 Å². The number of halogens is 1. The van der Waals surface area contributed by atoms with Gasteiger partial charge in [-0.25, -0.2) is 4.39 Å². The zero-order valence-corrected chi connectivity index (χ0v) is 15.3. The highest BCUT2D eigenvalue weighted by atomic mass is 19.1. The smallest absolute Gasteiger partial charge is 0.399 e. The summed E-state index contributed by atoms with van der Waals surface area (Å²) in [6, 6.07) is 4.50. The molecule has 1 aromatic rings. The fourth-order valence-electron chi connectivity index (χ4n) is 3.20. The van der Waals surface area contributed by atoms with Crippen molar-refractivity contribution in [2.24, 2.45) is 5.73 Å². The van der Waals surface area contributed by atoms with Crippen LogP contribution in [-0.4, -0.2) is 48.3 Å². The predicted molar refractivity (Wildman–Crippen MR) is 95.2 cm³/mol. The van der Waals surface area contributed by atoms with Gasteiger partial charge in [0.2, 0.25) is 0 Å². The molecular formula is C18H26BFN2O3. The van der Waals surface area contributed by atoms with Crippen LogP contribution in [0, 0.1) is 5.82 Å². The summed E-state index contributed by atoms with van der Waals surface area (Å²) >= 11 is 0. The highest BCUT2D eigenvalue weighted by molar-refractivity contribution is 6.62. The Bertz CT molecular complexity index is 664. The molecule has 3 rings (SSSR count). The molecule has 2 aliphatic heterocycles. The number of rotatable bonds is 2. The molecule has 2 fully saturated rings. The normalized spacial score (nSPS) is 25.3. The van der Waals surface area contributed by atoms with Gasteiger partial charge in [-0.3, -0.25) is 4.79 Å². The minimum Gasteiger partial charge on any atom is -0.399 e. The van der Waals surface area contributed by atoms with Gasteiger partial charge in [0.15, 0.2) is 0 Å². The lowest BCUT2D eigenvalue weighted by atomic mass is 9.78. The van der Waals surface area contributed by atoms with Crippen molar-refractivity contribution in [1.82, 2.24) is 4.90 Å². The maximum atomic E-state index is 14.6. The molecule has 0 aromatic heterocycles. The lowest BCUT2D eigenvalue weighted by Crippen LogP contribution is -2.46. The Morgan fingerprint density at radius 3 is 2.48 bits per heavy atom. The standard InChI is InChI=1S/C18H26BFN2O3/c1-17(2)18(3,4)25-19(24-17)12-7-8-14(15(20)10-12)16(23)22-9-5-6-13(21)11-22/h7-8,10,13H,5-6,9,11,21H2,1-4H3/t13-/m0/s1. The third kappa shape index (κ3) is 3.45. The van der Waals surface area contributed by atoms with Crippen LogP contribution in [0.1, 0.15) is 50.9 Å². The number of hydrogen-bond acceptors (Lipinski definition) is 4. The maximum Gasteiger partial charge on any atom is 0.494 e. The quantitative estimate of drug-likeness (QED) is 0.826. The monoisotopic (exact) mass is 348 g/mol. The molecule has 25 heavy (non-hydrogen) atoms. The van der Waals surface area contributed by atoms with E-state index in [4.69, 9.17) is 15.0 Å². The van der Waals surface area contributed by atoms with E-state index in [1.165, 1.54) is 12.1 Å². The van der Waals surface area contributed by atoms with Crippen LogP contribution in [0.2, 0.25) is 0 Å². The van der Waals surface area contributed by atoms with Crippen molar-refractivity contribution in [3.8, 4) is 0 Å². The molecule has 0 unspecified atom stereocenters. The molecule has 1 amide bonds. The number of amides is 1. The van der Waals surface area contributed by atoms with E-state index in [0.717, 1.165) is 12.8 Å². The molecule has 0 radical (unpaired) electrons. The molecule has 0 bridgehead atoms. The highest BCUT2D eigenvalue weighted by Gasteiger charge is 2.51. The Hall–Kier alpha value is -1.44. The van der Waals surface area contributed by atoms with Crippen LogP contribution in [0.3, 0.4) is 0 Å². The molecule has 1 atom stereocenters. The molecule has 2 saturated heterocycles. The molecule has 1 aromatic carbocycles. The fraction of sp³-hybridized carbons (Fsp3) is 0.611. The van der Waals surface area contributed by atoms with E-state index < -0.39 is 24.1 Å². The Kier molecular flexibility index (Phi) is 4.68. The minimum atomic E-state index is -0.646. The van der Waals surface area contributed by atoms with Crippen LogP contribution < -0.4 is 11.2 Å².